The van der Waals surface area contributed by atoms with Crippen LogP contribution in [-0.2, 0) is 0 Å². The van der Waals surface area contributed by atoms with Crippen LogP contribution in [0.3, 0.4) is 0 Å². The molecule has 0 aliphatic heterocycles. The molecule has 2 aromatic rings. The van der Waals surface area contributed by atoms with Crippen molar-refractivity contribution in [1.29, 1.82) is 0 Å². The molecule has 21 heavy (non-hydrogen) atoms. The third-order valence-corrected chi connectivity index (χ3v) is 2.86. The maximum atomic E-state index is 13.0. The van der Waals surface area contributed by atoms with Crippen LogP contribution in [0.2, 0.25) is 5.02 Å². The number of rotatable bonds is 5. The number of hydrogen-bond donors (Lipinski definition) is 0. The Balaban J connectivity index is 2.13. The number of Topliss-reactive ketones (excluding diaryl/α,β-unsaturated/α-hetero) is 1. The average Bonchev–Trinajstić information content (AvgIpc) is 2.45. The van der Waals surface area contributed by atoms with Crippen LogP contribution in [-0.4, -0.2) is 17.3 Å². The van der Waals surface area contributed by atoms with Gasteiger partial charge in [-0.3, -0.25) is 14.9 Å². The molecule has 2 rings (SSSR count). The lowest BCUT2D eigenvalue weighted by molar-refractivity contribution is -0.385. The Hall–Kier alpha value is -2.47. The third-order valence-electron chi connectivity index (χ3n) is 2.62. The van der Waals surface area contributed by atoms with E-state index in [1.54, 1.807) is 0 Å². The lowest BCUT2D eigenvalue weighted by Crippen LogP contribution is -2.12. The second-order valence-corrected chi connectivity index (χ2v) is 4.53. The van der Waals surface area contributed by atoms with E-state index >= 15 is 0 Å². The summed E-state index contributed by atoms with van der Waals surface area (Å²) in [4.78, 5) is 22.0. The normalized spacial score (nSPS) is 10.2. The molecule has 0 saturated carbocycles. The Morgan fingerprint density at radius 2 is 2.05 bits per heavy atom. The molecule has 0 aromatic heterocycles. The molecule has 0 fully saturated rings. The van der Waals surface area contributed by atoms with Crippen LogP contribution in [0, 0.1) is 15.9 Å². The quantitative estimate of drug-likeness (QED) is 0.480. The lowest BCUT2D eigenvalue weighted by atomic mass is 10.1. The van der Waals surface area contributed by atoms with Crippen molar-refractivity contribution in [1.82, 2.24) is 0 Å². The number of benzene rings is 2. The van der Waals surface area contributed by atoms with Crippen molar-refractivity contribution in [3.05, 3.63) is 69.0 Å². The second kappa shape index (κ2) is 6.32. The van der Waals surface area contributed by atoms with Gasteiger partial charge >= 0.3 is 5.69 Å². The van der Waals surface area contributed by atoms with Crippen molar-refractivity contribution in [2.24, 2.45) is 0 Å². The Labute approximate surface area is 124 Å². The van der Waals surface area contributed by atoms with E-state index in [4.69, 9.17) is 16.3 Å². The van der Waals surface area contributed by atoms with Crippen molar-refractivity contribution in [3.8, 4) is 5.75 Å². The summed E-state index contributed by atoms with van der Waals surface area (Å²) in [5.41, 5.74) is -0.207. The van der Waals surface area contributed by atoms with Crippen LogP contribution in [0.15, 0.2) is 42.5 Å². The van der Waals surface area contributed by atoms with E-state index in [1.165, 1.54) is 30.3 Å². The lowest BCUT2D eigenvalue weighted by Gasteiger charge is -2.06. The molecule has 5 nitrogen and oxygen atoms in total. The van der Waals surface area contributed by atoms with E-state index < -0.39 is 23.1 Å². The van der Waals surface area contributed by atoms with Gasteiger partial charge in [0.05, 0.1) is 4.92 Å². The molecular formula is C14H9ClFNO4. The summed E-state index contributed by atoms with van der Waals surface area (Å²) >= 11 is 5.67. The van der Waals surface area contributed by atoms with Crippen LogP contribution >= 0.6 is 11.6 Å². The number of nitro groups is 1. The molecule has 0 N–H and O–H groups in total. The van der Waals surface area contributed by atoms with Crippen molar-refractivity contribution in [2.45, 2.75) is 0 Å². The van der Waals surface area contributed by atoms with Crippen LogP contribution in [0.25, 0.3) is 0 Å². The first-order valence-corrected chi connectivity index (χ1v) is 6.20. The summed E-state index contributed by atoms with van der Waals surface area (Å²) in [7, 11) is 0. The number of carbonyl (C=O) groups excluding carboxylic acids is 1. The van der Waals surface area contributed by atoms with E-state index in [0.717, 1.165) is 12.1 Å². The zero-order chi connectivity index (χ0) is 15.4. The van der Waals surface area contributed by atoms with Gasteiger partial charge in [-0.2, -0.15) is 0 Å². The first-order valence-electron chi connectivity index (χ1n) is 5.83. The summed E-state index contributed by atoms with van der Waals surface area (Å²) in [6.07, 6.45) is 0. The van der Waals surface area contributed by atoms with Crippen molar-refractivity contribution < 1.29 is 18.8 Å². The van der Waals surface area contributed by atoms with Gasteiger partial charge in [-0.15, -0.1) is 0 Å². The molecule has 7 heteroatoms. The van der Waals surface area contributed by atoms with Crippen LogP contribution in [0.4, 0.5) is 10.1 Å². The van der Waals surface area contributed by atoms with Gasteiger partial charge in [0, 0.05) is 16.7 Å². The van der Waals surface area contributed by atoms with Gasteiger partial charge in [0.15, 0.2) is 18.1 Å². The molecule has 0 amide bonds. The van der Waals surface area contributed by atoms with Gasteiger partial charge < -0.3 is 4.74 Å². The number of nitro benzene ring substituents is 1. The maximum Gasteiger partial charge on any atom is 0.312 e. The molecule has 0 unspecified atom stereocenters. The molecule has 0 aliphatic rings. The van der Waals surface area contributed by atoms with Crippen LogP contribution in [0.1, 0.15) is 10.4 Å². The largest absolute Gasteiger partial charge is 0.478 e. The monoisotopic (exact) mass is 309 g/mol. The smallest absolute Gasteiger partial charge is 0.312 e. The minimum Gasteiger partial charge on any atom is -0.478 e. The minimum absolute atomic E-state index is 0.0749. The molecule has 0 heterocycles. The van der Waals surface area contributed by atoms with E-state index in [2.05, 4.69) is 0 Å². The Morgan fingerprint density at radius 3 is 2.71 bits per heavy atom. The highest BCUT2D eigenvalue weighted by Crippen LogP contribution is 2.29. The zero-order valence-electron chi connectivity index (χ0n) is 10.6. The molecule has 0 radical (unpaired) electrons. The van der Waals surface area contributed by atoms with E-state index in [9.17, 15) is 19.3 Å². The van der Waals surface area contributed by atoms with Gasteiger partial charge in [-0.1, -0.05) is 23.7 Å². The molecule has 0 saturated heterocycles. The number of carbonyl (C=O) groups is 1. The fourth-order valence-electron chi connectivity index (χ4n) is 1.64. The Kier molecular flexibility index (Phi) is 4.49. The summed E-state index contributed by atoms with van der Waals surface area (Å²) < 4.78 is 18.1. The summed E-state index contributed by atoms with van der Waals surface area (Å²) in [5.74, 6) is -1.11. The molecule has 108 valence electrons. The van der Waals surface area contributed by atoms with Gasteiger partial charge in [0.2, 0.25) is 0 Å². The molecule has 2 aromatic carbocycles. The van der Waals surface area contributed by atoms with Gasteiger partial charge in [0.1, 0.15) is 5.82 Å². The van der Waals surface area contributed by atoms with E-state index in [1.807, 2.05) is 0 Å². The highest BCUT2D eigenvalue weighted by atomic mass is 35.5. The summed E-state index contributed by atoms with van der Waals surface area (Å²) in [6.45, 7) is -0.439. The average molecular weight is 310 g/mol. The molecular weight excluding hydrogens is 301 g/mol. The molecule has 0 aliphatic carbocycles. The van der Waals surface area contributed by atoms with Crippen molar-refractivity contribution in [2.75, 3.05) is 6.61 Å². The first kappa shape index (κ1) is 14.9. The third kappa shape index (κ3) is 3.76. The predicted octanol–water partition coefficient (Wildman–Crippen LogP) is 3.65. The predicted molar refractivity (Wildman–Crippen MR) is 74.3 cm³/mol. The molecule has 0 spiro atoms. The highest BCUT2D eigenvalue weighted by Gasteiger charge is 2.17. The Bertz CT molecular complexity index is 705. The van der Waals surface area contributed by atoms with Crippen molar-refractivity contribution in [3.63, 3.8) is 0 Å². The minimum atomic E-state index is -0.659. The Morgan fingerprint density at radius 1 is 1.29 bits per heavy atom. The van der Waals surface area contributed by atoms with Crippen LogP contribution in [0.5, 0.6) is 5.75 Å². The zero-order valence-corrected chi connectivity index (χ0v) is 11.3. The fraction of sp³-hybridized carbons (Fsp3) is 0.0714. The molecule has 0 bridgehead atoms. The van der Waals surface area contributed by atoms with E-state index in [-0.39, 0.29) is 22.0 Å². The number of nitrogens with zero attached hydrogens (tertiary/aromatic N) is 1. The van der Waals surface area contributed by atoms with Gasteiger partial charge in [0.25, 0.3) is 0 Å². The fourth-order valence-corrected chi connectivity index (χ4v) is 1.81. The number of halogens is 2. The van der Waals surface area contributed by atoms with Crippen LogP contribution < -0.4 is 4.74 Å². The SMILES string of the molecule is O=C(COc1ccc(Cl)cc1[N+](=O)[O-])c1cccc(F)c1. The maximum absolute atomic E-state index is 13.0. The first-order chi connectivity index (χ1) is 9.97. The van der Waals surface area contributed by atoms with Gasteiger partial charge in [-0.25, -0.2) is 4.39 Å². The number of ether oxygens (including phenoxy) is 1. The van der Waals surface area contributed by atoms with E-state index in [0.29, 0.717) is 0 Å². The second-order valence-electron chi connectivity index (χ2n) is 4.09. The summed E-state index contributed by atoms with van der Waals surface area (Å²) in [5, 5.41) is 11.1. The summed E-state index contributed by atoms with van der Waals surface area (Å²) in [6, 6.07) is 8.96. The topological polar surface area (TPSA) is 69.4 Å². The van der Waals surface area contributed by atoms with Crippen molar-refractivity contribution >= 4 is 23.1 Å². The standard InChI is InChI=1S/C14H9ClFNO4/c15-10-4-5-14(12(7-10)17(19)20)21-8-13(18)9-2-1-3-11(16)6-9/h1-7H,8H2. The van der Waals surface area contributed by atoms with Gasteiger partial charge in [-0.05, 0) is 24.3 Å². The number of hydrogen-bond acceptors (Lipinski definition) is 4. The molecule has 0 atom stereocenters. The number of ketones is 1. The highest BCUT2D eigenvalue weighted by molar-refractivity contribution is 6.30.